The van der Waals surface area contributed by atoms with E-state index in [0.29, 0.717) is 11.5 Å². The molecule has 0 aromatic rings. The Hall–Kier alpha value is -0.120. The molecule has 112 valence electrons. The number of piperidine rings is 1. The van der Waals surface area contributed by atoms with Gasteiger partial charge in [-0.2, -0.15) is 0 Å². The normalized spacial score (nSPS) is 36.3. The zero-order chi connectivity index (χ0) is 13.9. The summed E-state index contributed by atoms with van der Waals surface area (Å²) in [6.45, 7) is 11.1. The van der Waals surface area contributed by atoms with E-state index in [0.717, 1.165) is 26.0 Å². The Morgan fingerprint density at radius 2 is 2.11 bits per heavy atom. The number of hydrogen-bond donors (Lipinski definition) is 1. The highest BCUT2D eigenvalue weighted by Crippen LogP contribution is 2.38. The molecule has 2 saturated heterocycles. The molecular formula is C16H32N2O. The minimum Gasteiger partial charge on any atom is -0.378 e. The van der Waals surface area contributed by atoms with Crippen LogP contribution in [0.25, 0.3) is 0 Å². The van der Waals surface area contributed by atoms with E-state index in [9.17, 15) is 0 Å². The maximum Gasteiger partial charge on any atom is 0.0593 e. The molecule has 2 aliphatic rings. The molecule has 0 saturated carbocycles. The zero-order valence-electron chi connectivity index (χ0n) is 13.1. The number of nitrogens with two attached hydrogens (primary N) is 1. The van der Waals surface area contributed by atoms with Crippen molar-refractivity contribution in [3.63, 3.8) is 0 Å². The number of hydrogen-bond acceptors (Lipinski definition) is 3. The minimum absolute atomic E-state index is 0.204. The third-order valence-corrected chi connectivity index (χ3v) is 5.09. The van der Waals surface area contributed by atoms with Crippen molar-refractivity contribution in [3.05, 3.63) is 0 Å². The van der Waals surface area contributed by atoms with E-state index in [-0.39, 0.29) is 5.54 Å². The van der Waals surface area contributed by atoms with Gasteiger partial charge in [-0.05, 0) is 44.1 Å². The molecule has 2 N–H and O–H groups in total. The lowest BCUT2D eigenvalue weighted by Crippen LogP contribution is -2.61. The van der Waals surface area contributed by atoms with Gasteiger partial charge in [-0.25, -0.2) is 0 Å². The summed E-state index contributed by atoms with van der Waals surface area (Å²) in [7, 11) is 0. The Balaban J connectivity index is 2.08. The van der Waals surface area contributed by atoms with Gasteiger partial charge in [-0.15, -0.1) is 0 Å². The lowest BCUT2D eigenvalue weighted by molar-refractivity contribution is -0.0906. The van der Waals surface area contributed by atoms with Gasteiger partial charge in [0.15, 0.2) is 0 Å². The third-order valence-electron chi connectivity index (χ3n) is 5.09. The van der Waals surface area contributed by atoms with E-state index in [2.05, 4.69) is 25.7 Å². The molecule has 2 rings (SSSR count). The van der Waals surface area contributed by atoms with E-state index < -0.39 is 0 Å². The summed E-state index contributed by atoms with van der Waals surface area (Å²) in [4.78, 5) is 2.70. The Morgan fingerprint density at radius 3 is 2.74 bits per heavy atom. The average Bonchev–Trinajstić information content (AvgIpc) is 2.38. The molecule has 2 atom stereocenters. The Bertz CT molecular complexity index is 290. The van der Waals surface area contributed by atoms with Gasteiger partial charge in [0.1, 0.15) is 0 Å². The second kappa shape index (κ2) is 6.11. The zero-order valence-corrected chi connectivity index (χ0v) is 13.1. The van der Waals surface area contributed by atoms with Crippen LogP contribution in [0, 0.1) is 5.41 Å². The summed E-state index contributed by atoms with van der Waals surface area (Å²) in [5.74, 6) is 0. The summed E-state index contributed by atoms with van der Waals surface area (Å²) in [5, 5.41) is 0. The van der Waals surface area contributed by atoms with E-state index in [1.807, 2.05) is 0 Å². The summed E-state index contributed by atoms with van der Waals surface area (Å²) in [5.41, 5.74) is 6.87. The monoisotopic (exact) mass is 268 g/mol. The molecule has 0 aliphatic carbocycles. The first-order valence-electron chi connectivity index (χ1n) is 8.08. The summed E-state index contributed by atoms with van der Waals surface area (Å²) in [6.07, 6.45) is 7.71. The fourth-order valence-electron chi connectivity index (χ4n) is 3.94. The summed E-state index contributed by atoms with van der Waals surface area (Å²) < 4.78 is 5.94. The highest BCUT2D eigenvalue weighted by Gasteiger charge is 2.43. The maximum absolute atomic E-state index is 6.22. The largest absolute Gasteiger partial charge is 0.378 e. The fraction of sp³-hybridized carbons (Fsp3) is 1.00. The lowest BCUT2D eigenvalue weighted by atomic mass is 9.77. The van der Waals surface area contributed by atoms with Crippen molar-refractivity contribution in [3.8, 4) is 0 Å². The highest BCUT2D eigenvalue weighted by atomic mass is 16.5. The standard InChI is InChI=1S/C16H32N2O/c1-4-6-14-11-16(12-17,8-10-19-14)18-9-5-7-15(2,3)13-18/h14H,4-13,17H2,1-3H3. The molecule has 0 radical (unpaired) electrons. The van der Waals surface area contributed by atoms with E-state index in [1.54, 1.807) is 0 Å². The molecule has 3 heteroatoms. The SMILES string of the molecule is CCCC1CC(CN)(N2CCCC(C)(C)C2)CCO1. The molecule has 0 bridgehead atoms. The number of rotatable bonds is 4. The van der Waals surface area contributed by atoms with Crippen LogP contribution in [0.4, 0.5) is 0 Å². The van der Waals surface area contributed by atoms with E-state index in [1.165, 1.54) is 38.8 Å². The van der Waals surface area contributed by atoms with E-state index in [4.69, 9.17) is 10.5 Å². The smallest absolute Gasteiger partial charge is 0.0593 e. The quantitative estimate of drug-likeness (QED) is 0.852. The Labute approximate surface area is 118 Å². The van der Waals surface area contributed by atoms with Crippen LogP contribution >= 0.6 is 0 Å². The van der Waals surface area contributed by atoms with Crippen molar-refractivity contribution in [2.75, 3.05) is 26.2 Å². The molecule has 2 fully saturated rings. The number of likely N-dealkylation sites (tertiary alicyclic amines) is 1. The maximum atomic E-state index is 6.22. The molecule has 0 aromatic carbocycles. The molecule has 19 heavy (non-hydrogen) atoms. The molecule has 2 unspecified atom stereocenters. The average molecular weight is 268 g/mol. The number of ether oxygens (including phenoxy) is 1. The Kier molecular flexibility index (Phi) is 4.91. The lowest BCUT2D eigenvalue weighted by Gasteiger charge is -2.52. The van der Waals surface area contributed by atoms with Crippen molar-refractivity contribution in [1.29, 1.82) is 0 Å². The van der Waals surface area contributed by atoms with Crippen LogP contribution in [-0.2, 0) is 4.74 Å². The van der Waals surface area contributed by atoms with Crippen LogP contribution in [0.15, 0.2) is 0 Å². The van der Waals surface area contributed by atoms with Gasteiger partial charge < -0.3 is 10.5 Å². The van der Waals surface area contributed by atoms with Gasteiger partial charge in [0.25, 0.3) is 0 Å². The van der Waals surface area contributed by atoms with Crippen LogP contribution in [0.1, 0.15) is 59.3 Å². The van der Waals surface area contributed by atoms with Crippen LogP contribution in [-0.4, -0.2) is 42.8 Å². The molecule has 3 nitrogen and oxygen atoms in total. The van der Waals surface area contributed by atoms with Crippen molar-refractivity contribution in [2.24, 2.45) is 11.1 Å². The molecule has 2 heterocycles. The van der Waals surface area contributed by atoms with Gasteiger partial charge in [0, 0.05) is 25.2 Å². The van der Waals surface area contributed by atoms with Gasteiger partial charge in [-0.1, -0.05) is 27.2 Å². The van der Waals surface area contributed by atoms with Crippen LogP contribution in [0.2, 0.25) is 0 Å². The fourth-order valence-corrected chi connectivity index (χ4v) is 3.94. The van der Waals surface area contributed by atoms with E-state index >= 15 is 0 Å². The summed E-state index contributed by atoms with van der Waals surface area (Å²) in [6, 6.07) is 0. The van der Waals surface area contributed by atoms with Crippen molar-refractivity contribution < 1.29 is 4.74 Å². The van der Waals surface area contributed by atoms with Gasteiger partial charge in [0.2, 0.25) is 0 Å². The van der Waals surface area contributed by atoms with Crippen LogP contribution in [0.5, 0.6) is 0 Å². The molecular weight excluding hydrogens is 236 g/mol. The second-order valence-corrected chi connectivity index (χ2v) is 7.35. The topological polar surface area (TPSA) is 38.5 Å². The molecule has 0 amide bonds. The first-order valence-corrected chi connectivity index (χ1v) is 8.08. The second-order valence-electron chi connectivity index (χ2n) is 7.35. The van der Waals surface area contributed by atoms with Gasteiger partial charge in [0.05, 0.1) is 6.10 Å². The molecule has 2 aliphatic heterocycles. The van der Waals surface area contributed by atoms with Gasteiger partial charge >= 0.3 is 0 Å². The highest BCUT2D eigenvalue weighted by molar-refractivity contribution is 4.99. The predicted molar refractivity (Wildman–Crippen MR) is 80.3 cm³/mol. The van der Waals surface area contributed by atoms with Crippen molar-refractivity contribution >= 4 is 0 Å². The van der Waals surface area contributed by atoms with Gasteiger partial charge in [-0.3, -0.25) is 4.90 Å². The first-order chi connectivity index (χ1) is 9.01. The third kappa shape index (κ3) is 3.50. The van der Waals surface area contributed by atoms with Crippen molar-refractivity contribution in [2.45, 2.75) is 70.9 Å². The summed E-state index contributed by atoms with van der Waals surface area (Å²) >= 11 is 0. The Morgan fingerprint density at radius 1 is 1.32 bits per heavy atom. The number of nitrogens with zero attached hydrogens (tertiary/aromatic N) is 1. The van der Waals surface area contributed by atoms with Crippen molar-refractivity contribution in [1.82, 2.24) is 4.90 Å². The van der Waals surface area contributed by atoms with Crippen LogP contribution < -0.4 is 5.73 Å². The van der Waals surface area contributed by atoms with Crippen LogP contribution in [0.3, 0.4) is 0 Å². The minimum atomic E-state index is 0.204. The molecule has 0 spiro atoms. The molecule has 0 aromatic heterocycles. The first kappa shape index (κ1) is 15.3. The predicted octanol–water partition coefficient (Wildman–Crippen LogP) is 2.79.